The predicted octanol–water partition coefficient (Wildman–Crippen LogP) is 3.16. The second-order valence-electron chi connectivity index (χ2n) is 5.29. The zero-order chi connectivity index (χ0) is 16.6. The lowest BCUT2D eigenvalue weighted by Crippen LogP contribution is -2.31. The Kier molecular flexibility index (Phi) is 4.33. The Morgan fingerprint density at radius 3 is 2.57 bits per heavy atom. The number of amides is 1. The van der Waals surface area contributed by atoms with Gasteiger partial charge in [0.25, 0.3) is 10.0 Å². The van der Waals surface area contributed by atoms with Crippen molar-refractivity contribution in [3.8, 4) is 0 Å². The summed E-state index contributed by atoms with van der Waals surface area (Å²) in [5.41, 5.74) is 2.18. The first kappa shape index (κ1) is 16.3. The van der Waals surface area contributed by atoms with Crippen LogP contribution in [0.2, 0.25) is 0 Å². The molecule has 0 saturated carbocycles. The summed E-state index contributed by atoms with van der Waals surface area (Å²) in [5.74, 6) is -0.0406. The maximum absolute atomic E-state index is 12.5. The molecule has 3 rings (SSSR count). The van der Waals surface area contributed by atoms with Crippen molar-refractivity contribution in [3.63, 3.8) is 0 Å². The molecule has 1 N–H and O–H groups in total. The Labute approximate surface area is 148 Å². The number of anilines is 2. The molecule has 0 saturated heterocycles. The molecular weight excluding hydrogens is 427 g/mol. The van der Waals surface area contributed by atoms with E-state index in [1.807, 2.05) is 6.07 Å². The van der Waals surface area contributed by atoms with Gasteiger partial charge in [-0.25, -0.2) is 8.42 Å². The zero-order valence-corrected chi connectivity index (χ0v) is 15.3. The Balaban J connectivity index is 1.94. The molecule has 0 bridgehead atoms. The van der Waals surface area contributed by atoms with E-state index in [-0.39, 0.29) is 14.9 Å². The molecule has 23 heavy (non-hydrogen) atoms. The van der Waals surface area contributed by atoms with Crippen LogP contribution < -0.4 is 9.62 Å². The standard InChI is InChI=1S/C16H15IN2O3S/c1-11(20)19-15-8-7-14(9-12(15)10-16(19)17)23(21,22)18-13-5-3-2-4-6-13/h2-9,16,18H,10H2,1H3. The number of nitrogens with zero attached hydrogens (tertiary/aromatic N) is 1. The molecule has 1 heterocycles. The van der Waals surface area contributed by atoms with Crippen LogP contribution in [0.5, 0.6) is 0 Å². The van der Waals surface area contributed by atoms with Crippen molar-refractivity contribution in [2.45, 2.75) is 22.3 Å². The summed E-state index contributed by atoms with van der Waals surface area (Å²) in [6.07, 6.45) is 0.643. The largest absolute Gasteiger partial charge is 0.300 e. The van der Waals surface area contributed by atoms with Crippen LogP contribution in [0.25, 0.3) is 0 Å². The van der Waals surface area contributed by atoms with Crippen molar-refractivity contribution in [1.29, 1.82) is 0 Å². The van der Waals surface area contributed by atoms with E-state index in [1.165, 1.54) is 13.0 Å². The van der Waals surface area contributed by atoms with Gasteiger partial charge in [0.2, 0.25) is 5.91 Å². The van der Waals surface area contributed by atoms with Gasteiger partial charge in [-0.15, -0.1) is 0 Å². The molecular formula is C16H15IN2O3S. The Morgan fingerprint density at radius 2 is 1.91 bits per heavy atom. The van der Waals surface area contributed by atoms with E-state index >= 15 is 0 Å². The van der Waals surface area contributed by atoms with Crippen molar-refractivity contribution in [3.05, 3.63) is 54.1 Å². The van der Waals surface area contributed by atoms with Crippen LogP contribution in [0.15, 0.2) is 53.4 Å². The number of rotatable bonds is 3. The quantitative estimate of drug-likeness (QED) is 0.451. The fraction of sp³-hybridized carbons (Fsp3) is 0.188. The van der Waals surface area contributed by atoms with Crippen LogP contribution in [-0.4, -0.2) is 18.4 Å². The molecule has 1 amide bonds. The second kappa shape index (κ2) is 6.12. The van der Waals surface area contributed by atoms with Gasteiger partial charge in [0.15, 0.2) is 0 Å². The summed E-state index contributed by atoms with van der Waals surface area (Å²) < 4.78 is 27.6. The van der Waals surface area contributed by atoms with Gasteiger partial charge in [0, 0.05) is 24.7 Å². The molecule has 0 aliphatic carbocycles. The first-order valence-corrected chi connectivity index (χ1v) is 9.76. The summed E-state index contributed by atoms with van der Waals surface area (Å²) in [4.78, 5) is 13.6. The third-order valence-corrected chi connectivity index (χ3v) is 6.03. The topological polar surface area (TPSA) is 66.5 Å². The number of carbonyl (C=O) groups is 1. The number of alkyl halides is 1. The minimum Gasteiger partial charge on any atom is -0.300 e. The van der Waals surface area contributed by atoms with Gasteiger partial charge in [0.05, 0.1) is 8.94 Å². The van der Waals surface area contributed by atoms with E-state index < -0.39 is 10.0 Å². The number of para-hydroxylation sites is 1. The molecule has 120 valence electrons. The maximum Gasteiger partial charge on any atom is 0.261 e. The number of hydrogen-bond acceptors (Lipinski definition) is 3. The number of benzene rings is 2. The highest BCUT2D eigenvalue weighted by Gasteiger charge is 2.31. The minimum atomic E-state index is -3.65. The van der Waals surface area contributed by atoms with Gasteiger partial charge < -0.3 is 0 Å². The molecule has 1 unspecified atom stereocenters. The molecule has 1 atom stereocenters. The van der Waals surface area contributed by atoms with E-state index in [0.717, 1.165) is 11.3 Å². The van der Waals surface area contributed by atoms with Gasteiger partial charge in [-0.05, 0) is 35.9 Å². The molecule has 7 heteroatoms. The average molecular weight is 442 g/mol. The van der Waals surface area contributed by atoms with E-state index in [0.29, 0.717) is 12.1 Å². The normalized spacial score (nSPS) is 17.0. The SMILES string of the molecule is CC(=O)N1c2ccc(S(=O)(=O)Nc3ccccc3)cc2CC1I. The predicted molar refractivity (Wildman–Crippen MR) is 98.4 cm³/mol. The third kappa shape index (κ3) is 3.20. The lowest BCUT2D eigenvalue weighted by atomic mass is 10.2. The first-order chi connectivity index (χ1) is 10.9. The molecule has 1 aliphatic rings. The lowest BCUT2D eigenvalue weighted by molar-refractivity contribution is -0.116. The van der Waals surface area contributed by atoms with Gasteiger partial charge in [-0.2, -0.15) is 0 Å². The Morgan fingerprint density at radius 1 is 1.22 bits per heavy atom. The summed E-state index contributed by atoms with van der Waals surface area (Å²) in [6.45, 7) is 1.52. The van der Waals surface area contributed by atoms with Crippen molar-refractivity contribution in [2.24, 2.45) is 0 Å². The van der Waals surface area contributed by atoms with E-state index in [4.69, 9.17) is 0 Å². The van der Waals surface area contributed by atoms with Crippen molar-refractivity contribution in [1.82, 2.24) is 0 Å². The fourth-order valence-corrected chi connectivity index (χ4v) is 4.91. The summed E-state index contributed by atoms with van der Waals surface area (Å²) >= 11 is 2.20. The van der Waals surface area contributed by atoms with Crippen LogP contribution >= 0.6 is 22.6 Å². The van der Waals surface area contributed by atoms with Crippen molar-refractivity contribution < 1.29 is 13.2 Å². The number of nitrogens with one attached hydrogen (secondary N) is 1. The Bertz CT molecular complexity index is 853. The van der Waals surface area contributed by atoms with E-state index in [1.54, 1.807) is 41.3 Å². The summed E-state index contributed by atoms with van der Waals surface area (Å²) in [5, 5.41) is 0. The second-order valence-corrected chi connectivity index (χ2v) is 8.41. The lowest BCUT2D eigenvalue weighted by Gasteiger charge is -2.19. The van der Waals surface area contributed by atoms with Gasteiger partial charge in [-0.3, -0.25) is 14.4 Å². The maximum atomic E-state index is 12.5. The number of fused-ring (bicyclic) bond motifs is 1. The minimum absolute atomic E-state index is 0.0140. The van der Waals surface area contributed by atoms with Crippen molar-refractivity contribution >= 4 is 49.9 Å². The molecule has 0 spiro atoms. The summed E-state index contributed by atoms with van der Waals surface area (Å²) in [7, 11) is -3.65. The van der Waals surface area contributed by atoms with Crippen molar-refractivity contribution in [2.75, 3.05) is 9.62 Å². The molecule has 0 fully saturated rings. The molecule has 2 aromatic carbocycles. The number of halogens is 1. The highest BCUT2D eigenvalue weighted by atomic mass is 127. The van der Waals surface area contributed by atoms with Crippen LogP contribution in [0.1, 0.15) is 12.5 Å². The molecule has 0 radical (unpaired) electrons. The molecule has 1 aliphatic heterocycles. The Hall–Kier alpha value is -1.61. The number of carbonyl (C=O) groups excluding carboxylic acids is 1. The monoisotopic (exact) mass is 442 g/mol. The smallest absolute Gasteiger partial charge is 0.261 e. The third-order valence-electron chi connectivity index (χ3n) is 3.65. The van der Waals surface area contributed by atoms with Crippen LogP contribution in [0.3, 0.4) is 0 Å². The molecule has 5 nitrogen and oxygen atoms in total. The fourth-order valence-electron chi connectivity index (χ4n) is 2.64. The number of hydrogen-bond donors (Lipinski definition) is 1. The molecule has 2 aromatic rings. The van der Waals surface area contributed by atoms with Crippen LogP contribution in [0.4, 0.5) is 11.4 Å². The van der Waals surface area contributed by atoms with Crippen LogP contribution in [0, 0.1) is 0 Å². The summed E-state index contributed by atoms with van der Waals surface area (Å²) in [6, 6.07) is 13.6. The highest BCUT2D eigenvalue weighted by molar-refractivity contribution is 14.1. The first-order valence-electron chi connectivity index (χ1n) is 7.03. The van der Waals surface area contributed by atoms with E-state index in [2.05, 4.69) is 27.3 Å². The highest BCUT2D eigenvalue weighted by Crippen LogP contribution is 2.36. The zero-order valence-electron chi connectivity index (χ0n) is 12.4. The van der Waals surface area contributed by atoms with Gasteiger partial charge in [-0.1, -0.05) is 40.8 Å². The van der Waals surface area contributed by atoms with Crippen LogP contribution in [-0.2, 0) is 21.2 Å². The average Bonchev–Trinajstić information content (AvgIpc) is 2.82. The van der Waals surface area contributed by atoms with E-state index in [9.17, 15) is 13.2 Å². The van der Waals surface area contributed by atoms with Gasteiger partial charge in [0.1, 0.15) is 0 Å². The molecule has 0 aromatic heterocycles. The number of sulfonamides is 1. The van der Waals surface area contributed by atoms with Gasteiger partial charge >= 0.3 is 0 Å².